The minimum absolute atomic E-state index is 0.0893. The highest BCUT2D eigenvalue weighted by molar-refractivity contribution is 6.08. The molecule has 6 heteroatoms. The molecule has 3 rings (SSSR count). The highest BCUT2D eigenvalue weighted by Gasteiger charge is 2.18. The summed E-state index contributed by atoms with van der Waals surface area (Å²) in [6.45, 7) is -2.85. The van der Waals surface area contributed by atoms with Gasteiger partial charge in [0.25, 0.3) is 5.91 Å². The van der Waals surface area contributed by atoms with E-state index in [1.54, 1.807) is 18.2 Å². The van der Waals surface area contributed by atoms with Crippen LogP contribution in [0.1, 0.15) is 5.56 Å². The largest absolute Gasteiger partial charge is 0.488 e. The summed E-state index contributed by atoms with van der Waals surface area (Å²) in [4.78, 5) is 12.3. The average molecular weight is 317 g/mol. The molecule has 0 aliphatic carbocycles. The van der Waals surface area contributed by atoms with Gasteiger partial charge in [0.2, 0.25) is 0 Å². The minimum atomic E-state index is -2.96. The van der Waals surface area contributed by atoms with E-state index in [1.165, 1.54) is 12.1 Å². The Labute approximate surface area is 131 Å². The van der Waals surface area contributed by atoms with Crippen LogP contribution in [0.4, 0.5) is 14.5 Å². The van der Waals surface area contributed by atoms with E-state index >= 15 is 0 Å². The lowest BCUT2D eigenvalue weighted by atomic mass is 10.1. The van der Waals surface area contributed by atoms with Crippen LogP contribution in [0, 0.1) is 0 Å². The van der Waals surface area contributed by atoms with E-state index < -0.39 is 12.5 Å². The van der Waals surface area contributed by atoms with Crippen LogP contribution in [-0.2, 0) is 4.79 Å². The van der Waals surface area contributed by atoms with Crippen LogP contribution in [0.25, 0.3) is 6.08 Å². The zero-order valence-electron chi connectivity index (χ0n) is 12.0. The molecule has 23 heavy (non-hydrogen) atoms. The Bertz CT molecular complexity index is 759. The van der Waals surface area contributed by atoms with Gasteiger partial charge >= 0.3 is 6.61 Å². The third-order valence-corrected chi connectivity index (χ3v) is 3.27. The fourth-order valence-corrected chi connectivity index (χ4v) is 2.22. The standard InChI is InChI=1S/C17H13F2NO3/c18-17(19)23-15-8-4-2-6-13(15)20-16(21)12-9-11-5-1-3-7-14(11)22-10-12/h1-9,17H,10H2,(H,20,21). The molecule has 1 amide bonds. The van der Waals surface area contributed by atoms with E-state index in [1.807, 2.05) is 24.3 Å². The van der Waals surface area contributed by atoms with Crippen molar-refractivity contribution >= 4 is 17.7 Å². The van der Waals surface area contributed by atoms with Gasteiger partial charge in [-0.2, -0.15) is 8.78 Å². The normalized spacial score (nSPS) is 12.9. The first kappa shape index (κ1) is 15.0. The van der Waals surface area contributed by atoms with E-state index in [0.29, 0.717) is 11.3 Å². The van der Waals surface area contributed by atoms with Crippen LogP contribution in [0.5, 0.6) is 11.5 Å². The molecular formula is C17H13F2NO3. The third-order valence-electron chi connectivity index (χ3n) is 3.27. The number of anilines is 1. The zero-order chi connectivity index (χ0) is 16.2. The third kappa shape index (κ3) is 3.48. The molecule has 4 nitrogen and oxygen atoms in total. The van der Waals surface area contributed by atoms with Crippen molar-refractivity contribution in [2.24, 2.45) is 0 Å². The van der Waals surface area contributed by atoms with Gasteiger partial charge in [0.05, 0.1) is 11.3 Å². The quantitative estimate of drug-likeness (QED) is 0.935. The van der Waals surface area contributed by atoms with Gasteiger partial charge in [0.15, 0.2) is 0 Å². The van der Waals surface area contributed by atoms with Gasteiger partial charge in [0, 0.05) is 5.56 Å². The second-order valence-electron chi connectivity index (χ2n) is 4.82. The Morgan fingerprint density at radius 2 is 1.87 bits per heavy atom. The number of carbonyl (C=O) groups excluding carboxylic acids is 1. The Kier molecular flexibility index (Phi) is 4.23. The molecule has 0 saturated carbocycles. The number of halogens is 2. The molecule has 0 spiro atoms. The van der Waals surface area contributed by atoms with Gasteiger partial charge in [-0.25, -0.2) is 0 Å². The van der Waals surface area contributed by atoms with E-state index in [0.717, 1.165) is 5.56 Å². The number of hydrogen-bond acceptors (Lipinski definition) is 3. The summed E-state index contributed by atoms with van der Waals surface area (Å²) in [5.74, 6) is 0.184. The first-order valence-corrected chi connectivity index (χ1v) is 6.91. The Morgan fingerprint density at radius 1 is 1.13 bits per heavy atom. The maximum Gasteiger partial charge on any atom is 0.387 e. The molecule has 0 radical (unpaired) electrons. The van der Waals surface area contributed by atoms with Crippen molar-refractivity contribution < 1.29 is 23.0 Å². The average Bonchev–Trinajstić information content (AvgIpc) is 2.55. The number of para-hydroxylation sites is 3. The maximum absolute atomic E-state index is 12.4. The highest BCUT2D eigenvalue weighted by Crippen LogP contribution is 2.28. The molecule has 0 unspecified atom stereocenters. The summed E-state index contributed by atoms with van der Waals surface area (Å²) < 4.78 is 34.7. The van der Waals surface area contributed by atoms with Gasteiger partial charge in [-0.05, 0) is 24.3 Å². The topological polar surface area (TPSA) is 47.6 Å². The molecule has 2 aromatic carbocycles. The molecule has 0 fully saturated rings. The van der Waals surface area contributed by atoms with Gasteiger partial charge in [0.1, 0.15) is 18.1 Å². The molecule has 1 aliphatic heterocycles. The second kappa shape index (κ2) is 6.48. The predicted octanol–water partition coefficient (Wildman–Crippen LogP) is 3.70. The van der Waals surface area contributed by atoms with Crippen LogP contribution >= 0.6 is 0 Å². The maximum atomic E-state index is 12.4. The molecule has 0 atom stereocenters. The molecule has 0 bridgehead atoms. The van der Waals surface area contributed by atoms with E-state index in [2.05, 4.69) is 10.1 Å². The number of ether oxygens (including phenoxy) is 2. The number of alkyl halides is 2. The lowest BCUT2D eigenvalue weighted by Gasteiger charge is -2.18. The Hall–Kier alpha value is -2.89. The van der Waals surface area contributed by atoms with Crippen LogP contribution in [0.15, 0.2) is 54.1 Å². The first-order valence-electron chi connectivity index (χ1n) is 6.91. The molecule has 1 N–H and O–H groups in total. The van der Waals surface area contributed by atoms with E-state index in [-0.39, 0.29) is 18.0 Å². The fourth-order valence-electron chi connectivity index (χ4n) is 2.22. The summed E-state index contributed by atoms with van der Waals surface area (Å²) in [5, 5.41) is 2.57. The number of nitrogens with one attached hydrogen (secondary N) is 1. The SMILES string of the molecule is O=C(Nc1ccccc1OC(F)F)C1=Cc2ccccc2OC1. The van der Waals surface area contributed by atoms with Crippen molar-refractivity contribution in [2.45, 2.75) is 6.61 Å². The number of fused-ring (bicyclic) bond motifs is 1. The lowest BCUT2D eigenvalue weighted by molar-refractivity contribution is -0.113. The molecule has 118 valence electrons. The molecule has 0 aromatic heterocycles. The van der Waals surface area contributed by atoms with Gasteiger partial charge in [-0.15, -0.1) is 0 Å². The molecule has 2 aromatic rings. The molecular weight excluding hydrogens is 304 g/mol. The van der Waals surface area contributed by atoms with Crippen LogP contribution in [-0.4, -0.2) is 19.1 Å². The zero-order valence-corrected chi connectivity index (χ0v) is 12.0. The summed E-state index contributed by atoms with van der Waals surface area (Å²) in [7, 11) is 0. The summed E-state index contributed by atoms with van der Waals surface area (Å²) in [6.07, 6.45) is 1.71. The highest BCUT2D eigenvalue weighted by atomic mass is 19.3. The van der Waals surface area contributed by atoms with Crippen molar-refractivity contribution in [3.63, 3.8) is 0 Å². The van der Waals surface area contributed by atoms with Gasteiger partial charge < -0.3 is 14.8 Å². The van der Waals surface area contributed by atoms with Crippen molar-refractivity contribution in [3.8, 4) is 11.5 Å². The van der Waals surface area contributed by atoms with Gasteiger partial charge in [-0.3, -0.25) is 4.79 Å². The second-order valence-corrected chi connectivity index (χ2v) is 4.82. The number of amides is 1. The van der Waals surface area contributed by atoms with E-state index in [9.17, 15) is 13.6 Å². The van der Waals surface area contributed by atoms with Crippen LogP contribution in [0.3, 0.4) is 0 Å². The Balaban J connectivity index is 1.80. The van der Waals surface area contributed by atoms with Crippen molar-refractivity contribution in [2.75, 3.05) is 11.9 Å². The van der Waals surface area contributed by atoms with Crippen molar-refractivity contribution in [1.29, 1.82) is 0 Å². The predicted molar refractivity (Wildman–Crippen MR) is 81.6 cm³/mol. The molecule has 1 heterocycles. The molecule has 0 saturated heterocycles. The first-order chi connectivity index (χ1) is 11.1. The fraction of sp³-hybridized carbons (Fsp3) is 0.118. The monoisotopic (exact) mass is 317 g/mol. The lowest BCUT2D eigenvalue weighted by Crippen LogP contribution is -2.21. The number of benzene rings is 2. The minimum Gasteiger partial charge on any atom is -0.488 e. The smallest absolute Gasteiger partial charge is 0.387 e. The number of rotatable bonds is 4. The number of carbonyl (C=O) groups is 1. The van der Waals surface area contributed by atoms with E-state index in [4.69, 9.17) is 4.74 Å². The van der Waals surface area contributed by atoms with Gasteiger partial charge in [-0.1, -0.05) is 30.3 Å². The number of hydrogen-bond donors (Lipinski definition) is 1. The van der Waals surface area contributed by atoms with Crippen LogP contribution in [0.2, 0.25) is 0 Å². The van der Waals surface area contributed by atoms with Crippen LogP contribution < -0.4 is 14.8 Å². The summed E-state index contributed by atoms with van der Waals surface area (Å²) in [5.41, 5.74) is 1.37. The molecule has 1 aliphatic rings. The summed E-state index contributed by atoms with van der Waals surface area (Å²) in [6, 6.07) is 13.3. The van der Waals surface area contributed by atoms with Crippen molar-refractivity contribution in [3.05, 3.63) is 59.7 Å². The Morgan fingerprint density at radius 3 is 2.70 bits per heavy atom. The van der Waals surface area contributed by atoms with Crippen molar-refractivity contribution in [1.82, 2.24) is 0 Å². The summed E-state index contributed by atoms with van der Waals surface area (Å²) >= 11 is 0.